The van der Waals surface area contributed by atoms with E-state index in [0.717, 1.165) is 5.56 Å². The fourth-order valence-electron chi connectivity index (χ4n) is 2.62. The van der Waals surface area contributed by atoms with Crippen LogP contribution >= 0.6 is 0 Å². The quantitative estimate of drug-likeness (QED) is 0.509. The first kappa shape index (κ1) is 19.5. The van der Waals surface area contributed by atoms with E-state index >= 15 is 0 Å². The molecule has 4 heterocycles. The average molecular weight is 394 g/mol. The normalized spacial score (nSPS) is 10.1. The van der Waals surface area contributed by atoms with Crippen LogP contribution in [0.1, 0.15) is 10.6 Å². The van der Waals surface area contributed by atoms with Crippen molar-refractivity contribution in [2.45, 2.75) is 0 Å². The minimum atomic E-state index is -0.356. The van der Waals surface area contributed by atoms with E-state index in [9.17, 15) is 4.79 Å². The van der Waals surface area contributed by atoms with Gasteiger partial charge in [0, 0.05) is 32.7 Å². The van der Waals surface area contributed by atoms with E-state index in [-0.39, 0.29) is 18.1 Å². The number of furan rings is 1. The van der Waals surface area contributed by atoms with Gasteiger partial charge in [-0.15, -0.1) is 0 Å². The number of aromatic nitrogens is 5. The fraction of sp³-hybridized carbons (Fsp3) is 0.105. The van der Waals surface area contributed by atoms with Crippen LogP contribution in [0, 0.1) is 0 Å². The first-order valence-corrected chi connectivity index (χ1v) is 8.45. The molecule has 1 amide bonds. The first-order chi connectivity index (χ1) is 14.0. The van der Waals surface area contributed by atoms with Crippen molar-refractivity contribution in [2.75, 3.05) is 5.32 Å². The third-order valence-corrected chi connectivity index (χ3v) is 3.80. The molecule has 0 aromatic carbocycles. The Balaban J connectivity index is 0.000000755. The lowest BCUT2D eigenvalue weighted by Crippen LogP contribution is -2.11. The smallest absolute Gasteiger partial charge is 0.291 e. The van der Waals surface area contributed by atoms with Gasteiger partial charge in [-0.25, -0.2) is 0 Å². The van der Waals surface area contributed by atoms with Crippen LogP contribution < -0.4 is 5.32 Å². The lowest BCUT2D eigenvalue weighted by Gasteiger charge is -2.03. The molecule has 0 atom stereocenters. The number of pyridine rings is 1. The molecule has 0 unspecified atom stereocenters. The Morgan fingerprint density at radius 3 is 2.62 bits per heavy atom. The molecule has 0 fully saturated rings. The van der Waals surface area contributed by atoms with E-state index in [0.29, 0.717) is 22.8 Å². The third kappa shape index (κ3) is 4.56. The van der Waals surface area contributed by atoms with Crippen molar-refractivity contribution in [3.05, 3.63) is 60.9 Å². The minimum absolute atomic E-state index is 0.208. The molecule has 0 aliphatic rings. The maximum absolute atomic E-state index is 12.6. The SMILES string of the molecule is Cn1cc(-c2ccc(C(=O)Nc3cn(C)nc3-c3ccccn3)o2)cn1.O=CO. The molecule has 0 bridgehead atoms. The highest BCUT2D eigenvalue weighted by molar-refractivity contribution is 6.04. The summed E-state index contributed by atoms with van der Waals surface area (Å²) < 4.78 is 8.96. The molecule has 0 saturated carbocycles. The molecule has 29 heavy (non-hydrogen) atoms. The van der Waals surface area contributed by atoms with Crippen LogP contribution in [-0.4, -0.2) is 42.0 Å². The number of hydrogen-bond donors (Lipinski definition) is 2. The number of nitrogens with one attached hydrogen (secondary N) is 1. The van der Waals surface area contributed by atoms with Crippen molar-refractivity contribution in [2.24, 2.45) is 14.1 Å². The number of aryl methyl sites for hydroxylation is 2. The van der Waals surface area contributed by atoms with Gasteiger partial charge < -0.3 is 14.8 Å². The highest BCUT2D eigenvalue weighted by Gasteiger charge is 2.18. The predicted molar refractivity (Wildman–Crippen MR) is 104 cm³/mol. The van der Waals surface area contributed by atoms with Crippen molar-refractivity contribution in [1.82, 2.24) is 24.5 Å². The van der Waals surface area contributed by atoms with E-state index in [1.165, 1.54) is 0 Å². The Morgan fingerprint density at radius 1 is 1.17 bits per heavy atom. The summed E-state index contributed by atoms with van der Waals surface area (Å²) in [7, 11) is 3.61. The molecule has 0 aliphatic carbocycles. The van der Waals surface area contributed by atoms with Crippen LogP contribution in [0.4, 0.5) is 5.69 Å². The standard InChI is InChI=1S/C18H16N6O2.CH2O2/c1-23-10-12(9-20-23)15-6-7-16(26-15)18(25)21-14-11-24(2)22-17(14)13-5-3-4-8-19-13;2-1-3/h3-11H,1-2H3,(H,21,25);1H,(H,2,3). The number of nitrogens with zero attached hydrogens (tertiary/aromatic N) is 5. The molecule has 0 radical (unpaired) electrons. The average Bonchev–Trinajstić information content (AvgIpc) is 3.43. The number of anilines is 1. The Kier molecular flexibility index (Phi) is 5.83. The number of amides is 1. The third-order valence-electron chi connectivity index (χ3n) is 3.80. The van der Waals surface area contributed by atoms with Crippen LogP contribution in [0.3, 0.4) is 0 Å². The van der Waals surface area contributed by atoms with Gasteiger partial charge in [-0.1, -0.05) is 6.07 Å². The number of rotatable bonds is 4. The molecule has 0 aliphatic heterocycles. The number of carboxylic acid groups (broad SMARTS) is 1. The van der Waals surface area contributed by atoms with Crippen LogP contribution in [-0.2, 0) is 18.9 Å². The van der Waals surface area contributed by atoms with Gasteiger partial charge in [0.1, 0.15) is 11.5 Å². The lowest BCUT2D eigenvalue weighted by atomic mass is 10.2. The van der Waals surface area contributed by atoms with Gasteiger partial charge in [0.2, 0.25) is 0 Å². The largest absolute Gasteiger partial charge is 0.483 e. The minimum Gasteiger partial charge on any atom is -0.483 e. The van der Waals surface area contributed by atoms with Crippen molar-refractivity contribution >= 4 is 18.1 Å². The molecule has 10 heteroatoms. The zero-order valence-electron chi connectivity index (χ0n) is 15.7. The van der Waals surface area contributed by atoms with E-state index in [4.69, 9.17) is 14.3 Å². The highest BCUT2D eigenvalue weighted by Crippen LogP contribution is 2.26. The summed E-state index contributed by atoms with van der Waals surface area (Å²) in [6.07, 6.45) is 6.91. The zero-order chi connectivity index (χ0) is 20.8. The maximum atomic E-state index is 12.6. The molecule has 4 rings (SSSR count). The summed E-state index contributed by atoms with van der Waals surface area (Å²) in [6.45, 7) is -0.250. The maximum Gasteiger partial charge on any atom is 0.291 e. The van der Waals surface area contributed by atoms with Crippen molar-refractivity contribution in [1.29, 1.82) is 0 Å². The van der Waals surface area contributed by atoms with Gasteiger partial charge in [-0.2, -0.15) is 10.2 Å². The molecule has 0 saturated heterocycles. The second-order valence-electron chi connectivity index (χ2n) is 5.91. The van der Waals surface area contributed by atoms with Crippen LogP contribution in [0.15, 0.2) is 59.5 Å². The van der Waals surface area contributed by atoms with Crippen LogP contribution in [0.2, 0.25) is 0 Å². The van der Waals surface area contributed by atoms with E-state index in [2.05, 4.69) is 20.5 Å². The first-order valence-electron chi connectivity index (χ1n) is 8.45. The number of carbonyl (C=O) groups excluding carboxylic acids is 1. The van der Waals surface area contributed by atoms with Gasteiger partial charge in [-0.05, 0) is 24.3 Å². The molecule has 0 spiro atoms. The number of hydrogen-bond acceptors (Lipinski definition) is 6. The molecule has 4 aromatic heterocycles. The Morgan fingerprint density at radius 2 is 1.97 bits per heavy atom. The van der Waals surface area contributed by atoms with Gasteiger partial charge in [0.05, 0.1) is 23.1 Å². The van der Waals surface area contributed by atoms with Crippen LogP contribution in [0.5, 0.6) is 0 Å². The molecule has 2 N–H and O–H groups in total. The van der Waals surface area contributed by atoms with Crippen LogP contribution in [0.25, 0.3) is 22.7 Å². The van der Waals surface area contributed by atoms with Gasteiger partial charge in [0.15, 0.2) is 5.76 Å². The fourth-order valence-corrected chi connectivity index (χ4v) is 2.62. The van der Waals surface area contributed by atoms with E-state index in [1.807, 2.05) is 31.4 Å². The van der Waals surface area contributed by atoms with E-state index in [1.54, 1.807) is 47.1 Å². The summed E-state index contributed by atoms with van der Waals surface area (Å²) in [6, 6.07) is 8.91. The van der Waals surface area contributed by atoms with Gasteiger partial charge >= 0.3 is 0 Å². The van der Waals surface area contributed by atoms with E-state index < -0.39 is 0 Å². The Hall–Kier alpha value is -4.21. The lowest BCUT2D eigenvalue weighted by molar-refractivity contribution is -0.122. The van der Waals surface area contributed by atoms with Crippen molar-refractivity contribution in [3.8, 4) is 22.7 Å². The van der Waals surface area contributed by atoms with Crippen molar-refractivity contribution < 1.29 is 19.1 Å². The Labute approximate surface area is 165 Å². The van der Waals surface area contributed by atoms with Crippen molar-refractivity contribution in [3.63, 3.8) is 0 Å². The molecular formula is C19H18N6O4. The summed E-state index contributed by atoms with van der Waals surface area (Å²) in [5, 5.41) is 18.2. The molecule has 10 nitrogen and oxygen atoms in total. The van der Waals surface area contributed by atoms with Gasteiger partial charge in [-0.3, -0.25) is 23.9 Å². The summed E-state index contributed by atoms with van der Waals surface area (Å²) >= 11 is 0. The zero-order valence-corrected chi connectivity index (χ0v) is 15.7. The highest BCUT2D eigenvalue weighted by atomic mass is 16.4. The summed E-state index contributed by atoms with van der Waals surface area (Å²) in [5.74, 6) is 0.435. The number of carbonyl (C=O) groups is 2. The van der Waals surface area contributed by atoms with Gasteiger partial charge in [0.25, 0.3) is 12.4 Å². The predicted octanol–water partition coefficient (Wildman–Crippen LogP) is 2.43. The molecular weight excluding hydrogens is 376 g/mol. The monoisotopic (exact) mass is 394 g/mol. The summed E-state index contributed by atoms with van der Waals surface area (Å²) in [5.41, 5.74) is 2.65. The second-order valence-corrected chi connectivity index (χ2v) is 5.91. The molecule has 148 valence electrons. The second kappa shape index (κ2) is 8.65. The topological polar surface area (TPSA) is 128 Å². The Bertz CT molecular complexity index is 1110. The summed E-state index contributed by atoms with van der Waals surface area (Å²) in [4.78, 5) is 25.2. The molecule has 4 aromatic rings.